The number of rotatable bonds is 1. The van der Waals surface area contributed by atoms with Gasteiger partial charge in [0.25, 0.3) is 0 Å². The monoisotopic (exact) mass is 418 g/mol. The predicted octanol–water partition coefficient (Wildman–Crippen LogP) is 4.19. The van der Waals surface area contributed by atoms with Gasteiger partial charge in [-0.1, -0.05) is 53.8 Å². The number of ether oxygens (including phenoxy) is 1. The number of alkyl halides is 1. The van der Waals surface area contributed by atoms with Crippen LogP contribution in [-0.4, -0.2) is 27.2 Å². The first-order valence-electron chi connectivity index (χ1n) is 8.46. The van der Waals surface area contributed by atoms with Gasteiger partial charge < -0.3 is 9.84 Å². The third-order valence-corrected chi connectivity index (χ3v) is 5.96. The van der Waals surface area contributed by atoms with E-state index < -0.39 is 0 Å². The number of hydrogen-bond acceptors (Lipinski definition) is 3. The number of aliphatic hydroxyl groups is 1. The molecular weight excluding hydrogens is 391 g/mol. The number of cyclic esters (lactones) is 1. The lowest BCUT2D eigenvalue weighted by Gasteiger charge is -2.27. The number of fused-ring (bicyclic) bond motifs is 1. The zero-order valence-corrected chi connectivity index (χ0v) is 15.4. The topological polar surface area (TPSA) is 46.5 Å². The molecule has 1 aliphatic heterocycles. The second-order valence-electron chi connectivity index (χ2n) is 6.30. The molecular formula is C18H27IO3. The number of halogens is 1. The standard InChI is InChI=1S/C18H27IO3/c1-2-16-14-12-15(19)18(21)13(14)10-8-6-4-3-5-7-9-11-17(20)22-16/h3-4,8,10,13-16,18,21H,2,5-7,9,11-12H2,1H3/b4-3-,10-8-/t13-,14-,15-,16+,18-/m1/s1. The Morgan fingerprint density at radius 2 is 2.14 bits per heavy atom. The van der Waals surface area contributed by atoms with Crippen molar-refractivity contribution in [2.45, 2.75) is 68.0 Å². The van der Waals surface area contributed by atoms with Gasteiger partial charge in [0.1, 0.15) is 6.10 Å². The lowest BCUT2D eigenvalue weighted by atomic mass is 9.88. The number of carbonyl (C=O) groups excluding carboxylic acids is 1. The highest BCUT2D eigenvalue weighted by Crippen LogP contribution is 2.41. The molecule has 22 heavy (non-hydrogen) atoms. The Bertz CT molecular complexity index is 419. The van der Waals surface area contributed by atoms with Gasteiger partial charge in [-0.3, -0.25) is 4.79 Å². The summed E-state index contributed by atoms with van der Waals surface area (Å²) in [6.45, 7) is 2.07. The molecule has 124 valence electrons. The van der Waals surface area contributed by atoms with Crippen LogP contribution in [0.5, 0.6) is 0 Å². The van der Waals surface area contributed by atoms with Crippen LogP contribution in [0, 0.1) is 11.8 Å². The van der Waals surface area contributed by atoms with Crippen molar-refractivity contribution < 1.29 is 14.6 Å². The van der Waals surface area contributed by atoms with E-state index >= 15 is 0 Å². The van der Waals surface area contributed by atoms with Crippen LogP contribution < -0.4 is 0 Å². The molecule has 1 aliphatic carbocycles. The van der Waals surface area contributed by atoms with E-state index in [1.54, 1.807) is 0 Å². The highest BCUT2D eigenvalue weighted by atomic mass is 127. The largest absolute Gasteiger partial charge is 0.462 e. The Morgan fingerprint density at radius 1 is 1.32 bits per heavy atom. The third-order valence-electron chi connectivity index (χ3n) is 4.72. The Balaban J connectivity index is 2.16. The van der Waals surface area contributed by atoms with Crippen LogP contribution in [0.3, 0.4) is 0 Å². The van der Waals surface area contributed by atoms with Crippen molar-refractivity contribution in [3.8, 4) is 0 Å². The van der Waals surface area contributed by atoms with Gasteiger partial charge in [-0.2, -0.15) is 0 Å². The second kappa shape index (κ2) is 9.06. The third kappa shape index (κ3) is 4.82. The summed E-state index contributed by atoms with van der Waals surface area (Å²) in [5, 5.41) is 10.5. The van der Waals surface area contributed by atoms with Gasteiger partial charge in [0.05, 0.1) is 6.10 Å². The van der Waals surface area contributed by atoms with Crippen LogP contribution in [0.4, 0.5) is 0 Å². The number of esters is 1. The number of aliphatic hydroxyl groups excluding tert-OH is 1. The SMILES string of the molecule is CC[C@@H]1OC(=O)CCCC/C=C\C/C=C\[C@H]2[C@@H](O)[C@H](I)C[C@H]21. The predicted molar refractivity (Wildman–Crippen MR) is 96.9 cm³/mol. The van der Waals surface area contributed by atoms with Gasteiger partial charge in [0.15, 0.2) is 0 Å². The summed E-state index contributed by atoms with van der Waals surface area (Å²) in [4.78, 5) is 12.1. The Kier molecular flexibility index (Phi) is 7.41. The summed E-state index contributed by atoms with van der Waals surface area (Å²) in [5.41, 5.74) is 0. The van der Waals surface area contributed by atoms with Crippen molar-refractivity contribution in [3.63, 3.8) is 0 Å². The maximum atomic E-state index is 12.1. The van der Waals surface area contributed by atoms with Crippen molar-refractivity contribution in [1.82, 2.24) is 0 Å². The summed E-state index contributed by atoms with van der Waals surface area (Å²) < 4.78 is 5.98. The molecule has 1 saturated carbocycles. The van der Waals surface area contributed by atoms with Crippen LogP contribution in [0.1, 0.15) is 51.9 Å². The summed E-state index contributed by atoms with van der Waals surface area (Å²) in [7, 11) is 0. The van der Waals surface area contributed by atoms with E-state index in [2.05, 4.69) is 53.8 Å². The minimum Gasteiger partial charge on any atom is -0.462 e. The van der Waals surface area contributed by atoms with Gasteiger partial charge in [0, 0.05) is 22.2 Å². The van der Waals surface area contributed by atoms with Crippen molar-refractivity contribution in [1.29, 1.82) is 0 Å². The minimum absolute atomic E-state index is 0.0740. The lowest BCUT2D eigenvalue weighted by Crippen LogP contribution is -2.31. The van der Waals surface area contributed by atoms with E-state index in [4.69, 9.17) is 4.74 Å². The molecule has 1 fully saturated rings. The average Bonchev–Trinajstić information content (AvgIpc) is 2.78. The second-order valence-corrected chi connectivity index (χ2v) is 7.90. The van der Waals surface area contributed by atoms with Crippen LogP contribution in [-0.2, 0) is 9.53 Å². The smallest absolute Gasteiger partial charge is 0.306 e. The van der Waals surface area contributed by atoms with E-state index in [9.17, 15) is 9.90 Å². The first-order chi connectivity index (χ1) is 10.6. The molecule has 0 aromatic carbocycles. The molecule has 0 bridgehead atoms. The molecule has 2 rings (SSSR count). The van der Waals surface area contributed by atoms with Crippen LogP contribution >= 0.6 is 22.6 Å². The molecule has 1 heterocycles. The zero-order valence-electron chi connectivity index (χ0n) is 13.3. The number of carbonyl (C=O) groups is 1. The molecule has 4 heteroatoms. The summed E-state index contributed by atoms with van der Waals surface area (Å²) in [6.07, 6.45) is 14.3. The highest BCUT2D eigenvalue weighted by molar-refractivity contribution is 14.1. The van der Waals surface area contributed by atoms with Crippen molar-refractivity contribution in [2.75, 3.05) is 0 Å². The minimum atomic E-state index is -0.341. The fourth-order valence-electron chi connectivity index (χ4n) is 3.47. The van der Waals surface area contributed by atoms with Gasteiger partial charge in [-0.15, -0.1) is 0 Å². The quantitative estimate of drug-likeness (QED) is 0.301. The van der Waals surface area contributed by atoms with E-state index in [0.29, 0.717) is 6.42 Å². The lowest BCUT2D eigenvalue weighted by molar-refractivity contribution is -0.153. The average molecular weight is 418 g/mol. The van der Waals surface area contributed by atoms with Gasteiger partial charge >= 0.3 is 5.97 Å². The fourth-order valence-corrected chi connectivity index (χ4v) is 4.53. The van der Waals surface area contributed by atoms with Gasteiger partial charge in [0.2, 0.25) is 0 Å². The Morgan fingerprint density at radius 3 is 2.91 bits per heavy atom. The van der Waals surface area contributed by atoms with Crippen molar-refractivity contribution >= 4 is 28.6 Å². The normalized spacial score (nSPS) is 40.3. The van der Waals surface area contributed by atoms with E-state index in [1.165, 1.54) is 0 Å². The van der Waals surface area contributed by atoms with E-state index in [0.717, 1.165) is 38.5 Å². The Labute approximate surface area is 147 Å². The van der Waals surface area contributed by atoms with Crippen molar-refractivity contribution in [3.05, 3.63) is 24.3 Å². The summed E-state index contributed by atoms with van der Waals surface area (Å²) >= 11 is 2.33. The first kappa shape index (κ1) is 18.0. The number of hydrogen-bond donors (Lipinski definition) is 1. The fraction of sp³-hybridized carbons (Fsp3) is 0.722. The molecule has 0 aromatic heterocycles. The van der Waals surface area contributed by atoms with E-state index in [-0.39, 0.29) is 33.9 Å². The maximum Gasteiger partial charge on any atom is 0.306 e. The van der Waals surface area contributed by atoms with Crippen molar-refractivity contribution in [2.24, 2.45) is 11.8 Å². The molecule has 5 atom stereocenters. The van der Waals surface area contributed by atoms with Crippen LogP contribution in [0.15, 0.2) is 24.3 Å². The number of allylic oxidation sites excluding steroid dienone is 3. The van der Waals surface area contributed by atoms with E-state index in [1.807, 2.05) is 0 Å². The Hall–Kier alpha value is -0.360. The zero-order chi connectivity index (χ0) is 15.9. The molecule has 0 saturated heterocycles. The van der Waals surface area contributed by atoms with Crippen LogP contribution in [0.25, 0.3) is 0 Å². The molecule has 3 nitrogen and oxygen atoms in total. The van der Waals surface area contributed by atoms with Crippen LogP contribution in [0.2, 0.25) is 0 Å². The molecule has 0 radical (unpaired) electrons. The molecule has 0 spiro atoms. The van der Waals surface area contributed by atoms with Gasteiger partial charge in [-0.25, -0.2) is 0 Å². The molecule has 0 amide bonds. The maximum absolute atomic E-state index is 12.1. The summed E-state index contributed by atoms with van der Waals surface area (Å²) in [5.74, 6) is 0.243. The molecule has 2 aliphatic rings. The molecule has 0 aromatic rings. The summed E-state index contributed by atoms with van der Waals surface area (Å²) in [6, 6.07) is 0. The molecule has 1 N–H and O–H groups in total. The first-order valence-corrected chi connectivity index (χ1v) is 9.71. The highest BCUT2D eigenvalue weighted by Gasteiger charge is 2.44. The molecule has 0 unspecified atom stereocenters. The van der Waals surface area contributed by atoms with Gasteiger partial charge in [-0.05, 0) is 38.5 Å².